The maximum absolute atomic E-state index is 10.9. The van der Waals surface area contributed by atoms with Crippen molar-refractivity contribution in [2.24, 2.45) is 56.7 Å². The normalized spacial score (nSPS) is 55.7. The summed E-state index contributed by atoms with van der Waals surface area (Å²) in [5, 5.41) is 10.9. The van der Waals surface area contributed by atoms with Gasteiger partial charge in [-0.05, 0) is 114 Å². The van der Waals surface area contributed by atoms with Gasteiger partial charge < -0.3 is 5.11 Å². The zero-order chi connectivity index (χ0) is 22.6. The molecule has 0 heterocycles. The van der Waals surface area contributed by atoms with Crippen LogP contribution in [0.5, 0.6) is 0 Å². The lowest BCUT2D eigenvalue weighted by Crippen LogP contribution is -2.64. The summed E-state index contributed by atoms with van der Waals surface area (Å²) in [6, 6.07) is 0. The maximum Gasteiger partial charge on any atom is 0.0594 e. The molecule has 0 radical (unpaired) electrons. The van der Waals surface area contributed by atoms with Crippen LogP contribution in [0.3, 0.4) is 0 Å². The molecule has 176 valence electrons. The lowest BCUT2D eigenvalue weighted by Gasteiger charge is -2.70. The number of hydrogen-bond donors (Lipinski definition) is 1. The van der Waals surface area contributed by atoms with E-state index in [0.717, 1.165) is 30.1 Å². The lowest BCUT2D eigenvalue weighted by atomic mass is 9.34. The van der Waals surface area contributed by atoms with E-state index in [2.05, 4.69) is 61.5 Å². The first-order valence-corrected chi connectivity index (χ1v) is 13.7. The number of hydrogen-bond acceptors (Lipinski definition) is 1. The van der Waals surface area contributed by atoms with Gasteiger partial charge in [-0.2, -0.15) is 0 Å². The molecule has 0 spiro atoms. The van der Waals surface area contributed by atoms with Crippen LogP contribution in [0.25, 0.3) is 0 Å². The van der Waals surface area contributed by atoms with Gasteiger partial charge in [-0.3, -0.25) is 0 Å². The molecule has 1 nitrogen and oxygen atoms in total. The Morgan fingerprint density at radius 3 is 2.23 bits per heavy atom. The Kier molecular flexibility index (Phi) is 4.82. The number of fused-ring (bicyclic) bond motifs is 7. The zero-order valence-electron chi connectivity index (χ0n) is 21.9. The van der Waals surface area contributed by atoms with Crippen molar-refractivity contribution in [2.45, 2.75) is 119 Å². The predicted molar refractivity (Wildman–Crippen MR) is 131 cm³/mol. The van der Waals surface area contributed by atoms with E-state index in [1.54, 1.807) is 0 Å². The number of aliphatic hydroxyl groups is 1. The molecule has 0 aromatic rings. The SMILES string of the molecule is CC(C)[C@H]1CC[C@]2(C)CC[C@]3(C)C(=CC[C@@H]4[C@@]5(C)CC[C@H](O)C(C)(C)[C@@H]5CC[C@]43C)[C@H]12. The first-order valence-electron chi connectivity index (χ1n) is 13.7. The van der Waals surface area contributed by atoms with Crippen molar-refractivity contribution in [1.82, 2.24) is 0 Å². The molecule has 31 heavy (non-hydrogen) atoms. The minimum atomic E-state index is -0.124. The second-order valence-corrected chi connectivity index (χ2v) is 14.7. The molecule has 0 unspecified atom stereocenters. The van der Waals surface area contributed by atoms with E-state index in [4.69, 9.17) is 0 Å². The van der Waals surface area contributed by atoms with Crippen molar-refractivity contribution in [2.75, 3.05) is 0 Å². The summed E-state index contributed by atoms with van der Waals surface area (Å²) in [6.45, 7) is 20.4. The van der Waals surface area contributed by atoms with Crippen molar-refractivity contribution in [3.8, 4) is 0 Å². The third-order valence-corrected chi connectivity index (χ3v) is 13.1. The third-order valence-electron chi connectivity index (χ3n) is 13.1. The van der Waals surface area contributed by atoms with Crippen molar-refractivity contribution in [1.29, 1.82) is 0 Å². The molecule has 5 rings (SSSR count). The monoisotopic (exact) mass is 426 g/mol. The Morgan fingerprint density at radius 2 is 1.55 bits per heavy atom. The van der Waals surface area contributed by atoms with Crippen LogP contribution < -0.4 is 0 Å². The topological polar surface area (TPSA) is 20.2 Å². The van der Waals surface area contributed by atoms with Gasteiger partial charge in [0.05, 0.1) is 6.10 Å². The summed E-state index contributed by atoms with van der Waals surface area (Å²) in [7, 11) is 0. The van der Waals surface area contributed by atoms with Crippen molar-refractivity contribution in [3.05, 3.63) is 11.6 Å². The van der Waals surface area contributed by atoms with E-state index in [9.17, 15) is 5.11 Å². The fourth-order valence-electron chi connectivity index (χ4n) is 10.9. The summed E-state index contributed by atoms with van der Waals surface area (Å²) >= 11 is 0. The molecule has 0 amide bonds. The summed E-state index contributed by atoms with van der Waals surface area (Å²) < 4.78 is 0. The largest absolute Gasteiger partial charge is 0.393 e. The molecule has 1 heteroatoms. The van der Waals surface area contributed by atoms with Crippen LogP contribution in [-0.4, -0.2) is 11.2 Å². The Labute approximate surface area is 192 Å². The van der Waals surface area contributed by atoms with Crippen LogP contribution in [0, 0.1) is 56.7 Å². The molecule has 0 aromatic heterocycles. The number of aliphatic hydroxyl groups excluding tert-OH is 1. The summed E-state index contributed by atoms with van der Waals surface area (Å²) in [4.78, 5) is 0. The molecule has 4 saturated carbocycles. The van der Waals surface area contributed by atoms with Crippen LogP contribution in [0.1, 0.15) is 113 Å². The fraction of sp³-hybridized carbons (Fsp3) is 0.933. The standard InChI is InChI=1S/C30H50O/c1-19(2)20-11-14-27(5)17-18-29(7)21(25(20)27)9-10-23-28(6)15-13-24(31)26(3,4)22(28)12-16-30(23,29)8/h9,19-20,22-25,31H,10-18H2,1-8H3/t20-,22+,23-,24+,25+,27-,28+,29-,30-/m1/s1. The van der Waals surface area contributed by atoms with Gasteiger partial charge in [-0.15, -0.1) is 0 Å². The average molecular weight is 427 g/mol. The highest BCUT2D eigenvalue weighted by Gasteiger charge is 2.68. The predicted octanol–water partition coefficient (Wildman–Crippen LogP) is 8.02. The van der Waals surface area contributed by atoms with Gasteiger partial charge in [0.2, 0.25) is 0 Å². The second kappa shape index (κ2) is 6.64. The van der Waals surface area contributed by atoms with Gasteiger partial charge in [0.25, 0.3) is 0 Å². The van der Waals surface area contributed by atoms with E-state index in [-0.39, 0.29) is 11.5 Å². The molecule has 0 aromatic carbocycles. The van der Waals surface area contributed by atoms with Gasteiger partial charge in [0.15, 0.2) is 0 Å². The number of rotatable bonds is 1. The Balaban J connectivity index is 1.59. The molecule has 0 bridgehead atoms. The minimum Gasteiger partial charge on any atom is -0.393 e. The van der Waals surface area contributed by atoms with Gasteiger partial charge in [0, 0.05) is 0 Å². The summed E-state index contributed by atoms with van der Waals surface area (Å²) in [5.74, 6) is 3.92. The first kappa shape index (κ1) is 22.5. The highest BCUT2D eigenvalue weighted by Crippen LogP contribution is 2.76. The maximum atomic E-state index is 10.9. The highest BCUT2D eigenvalue weighted by molar-refractivity contribution is 5.34. The second-order valence-electron chi connectivity index (χ2n) is 14.7. The van der Waals surface area contributed by atoms with Gasteiger partial charge >= 0.3 is 0 Å². The van der Waals surface area contributed by atoms with Gasteiger partial charge in [-0.1, -0.05) is 67.0 Å². The lowest BCUT2D eigenvalue weighted by molar-refractivity contribution is -0.201. The van der Waals surface area contributed by atoms with E-state index in [1.807, 2.05) is 5.57 Å². The van der Waals surface area contributed by atoms with E-state index in [1.165, 1.54) is 51.4 Å². The first-order chi connectivity index (χ1) is 14.3. The molecule has 4 fully saturated rings. The Morgan fingerprint density at radius 1 is 0.839 bits per heavy atom. The molecule has 5 aliphatic rings. The van der Waals surface area contributed by atoms with Crippen molar-refractivity contribution >= 4 is 0 Å². The molecule has 9 atom stereocenters. The van der Waals surface area contributed by atoms with Crippen LogP contribution in [0.4, 0.5) is 0 Å². The fourth-order valence-corrected chi connectivity index (χ4v) is 10.9. The quantitative estimate of drug-likeness (QED) is 0.421. The van der Waals surface area contributed by atoms with Crippen LogP contribution in [0.15, 0.2) is 11.6 Å². The Hall–Kier alpha value is -0.300. The van der Waals surface area contributed by atoms with Crippen LogP contribution in [0.2, 0.25) is 0 Å². The Bertz CT molecular complexity index is 777. The highest BCUT2D eigenvalue weighted by atomic mass is 16.3. The average Bonchev–Trinajstić information content (AvgIpc) is 3.04. The summed E-state index contributed by atoms with van der Waals surface area (Å²) in [5.41, 5.74) is 3.64. The van der Waals surface area contributed by atoms with Crippen LogP contribution >= 0.6 is 0 Å². The molecule has 0 aliphatic heterocycles. The summed E-state index contributed by atoms with van der Waals surface area (Å²) in [6.07, 6.45) is 14.6. The molecule has 1 N–H and O–H groups in total. The number of allylic oxidation sites excluding steroid dienone is 2. The molecule has 5 aliphatic carbocycles. The van der Waals surface area contributed by atoms with Gasteiger partial charge in [-0.25, -0.2) is 0 Å². The van der Waals surface area contributed by atoms with Crippen molar-refractivity contribution < 1.29 is 5.11 Å². The smallest absolute Gasteiger partial charge is 0.0594 e. The van der Waals surface area contributed by atoms with Crippen LogP contribution in [-0.2, 0) is 0 Å². The van der Waals surface area contributed by atoms with E-state index < -0.39 is 0 Å². The minimum absolute atomic E-state index is 0.0541. The molecule has 0 saturated heterocycles. The molecular weight excluding hydrogens is 376 g/mol. The van der Waals surface area contributed by atoms with E-state index in [0.29, 0.717) is 27.6 Å². The van der Waals surface area contributed by atoms with Gasteiger partial charge in [0.1, 0.15) is 0 Å². The molecular formula is C30H50O. The van der Waals surface area contributed by atoms with Crippen molar-refractivity contribution in [3.63, 3.8) is 0 Å². The third kappa shape index (κ3) is 2.65. The zero-order valence-corrected chi connectivity index (χ0v) is 21.9. The van der Waals surface area contributed by atoms with E-state index >= 15 is 0 Å².